The van der Waals surface area contributed by atoms with Crippen molar-refractivity contribution in [1.82, 2.24) is 5.32 Å². The summed E-state index contributed by atoms with van der Waals surface area (Å²) in [7, 11) is 0. The van der Waals surface area contributed by atoms with Crippen LogP contribution < -0.4 is 11.1 Å². The summed E-state index contributed by atoms with van der Waals surface area (Å²) in [4.78, 5) is 0. The Labute approximate surface area is 137 Å². The minimum absolute atomic E-state index is 0.815. The first-order valence-electron chi connectivity index (χ1n) is 10.2. The van der Waals surface area contributed by atoms with Gasteiger partial charge in [0.1, 0.15) is 0 Å². The Morgan fingerprint density at radius 1 is 0.909 bits per heavy atom. The van der Waals surface area contributed by atoms with E-state index in [-0.39, 0.29) is 0 Å². The lowest BCUT2D eigenvalue weighted by atomic mass is 9.61. The van der Waals surface area contributed by atoms with E-state index in [1.54, 1.807) is 6.42 Å². The fourth-order valence-corrected chi connectivity index (χ4v) is 6.85. The molecule has 5 aliphatic carbocycles. The topological polar surface area (TPSA) is 38.0 Å². The normalized spacial score (nSPS) is 51.0. The summed E-state index contributed by atoms with van der Waals surface area (Å²) >= 11 is 0. The molecule has 0 aromatic carbocycles. The Kier molecular flexibility index (Phi) is 4.52. The van der Waals surface area contributed by atoms with Gasteiger partial charge in [0.15, 0.2) is 0 Å². The van der Waals surface area contributed by atoms with E-state index in [0.29, 0.717) is 0 Å². The summed E-state index contributed by atoms with van der Waals surface area (Å²) < 4.78 is 0. The lowest BCUT2D eigenvalue weighted by Gasteiger charge is -2.49. The zero-order valence-electron chi connectivity index (χ0n) is 14.5. The van der Waals surface area contributed by atoms with Crippen molar-refractivity contribution in [3.05, 3.63) is 0 Å². The standard InChI is InChI=1S/C20H36N2/c1-13-7-14-3-2-4-16(8-14)19(13)12-22-20-10-15-5-6-17(20)9-18(15)11-21/h13-20,22H,2-12,21H2,1H3. The molecule has 0 amide bonds. The number of hydrogen-bond acceptors (Lipinski definition) is 2. The van der Waals surface area contributed by atoms with Crippen LogP contribution in [0.3, 0.4) is 0 Å². The van der Waals surface area contributed by atoms with Crippen molar-refractivity contribution in [2.24, 2.45) is 47.2 Å². The Morgan fingerprint density at radius 3 is 2.55 bits per heavy atom. The maximum absolute atomic E-state index is 5.98. The first kappa shape index (κ1) is 15.4. The van der Waals surface area contributed by atoms with Crippen LogP contribution in [-0.4, -0.2) is 19.1 Å². The van der Waals surface area contributed by atoms with Gasteiger partial charge in [-0.1, -0.05) is 26.2 Å². The number of fused-ring (bicyclic) bond motifs is 5. The summed E-state index contributed by atoms with van der Waals surface area (Å²) in [5.41, 5.74) is 5.98. The maximum Gasteiger partial charge on any atom is 0.00983 e. The molecule has 0 aromatic rings. The second-order valence-electron chi connectivity index (χ2n) is 9.25. The molecule has 0 heterocycles. The van der Waals surface area contributed by atoms with Crippen LogP contribution >= 0.6 is 0 Å². The minimum Gasteiger partial charge on any atom is -0.330 e. The third kappa shape index (κ3) is 2.86. The average molecular weight is 305 g/mol. The molecule has 126 valence electrons. The highest BCUT2D eigenvalue weighted by atomic mass is 14.9. The smallest absolute Gasteiger partial charge is 0.00983 e. The van der Waals surface area contributed by atoms with Gasteiger partial charge >= 0.3 is 0 Å². The third-order valence-electron chi connectivity index (χ3n) is 8.09. The van der Waals surface area contributed by atoms with Crippen molar-refractivity contribution < 1.29 is 0 Å². The zero-order valence-corrected chi connectivity index (χ0v) is 14.5. The lowest BCUT2D eigenvalue weighted by molar-refractivity contribution is 0.0415. The molecule has 2 heteroatoms. The predicted octanol–water partition coefficient (Wildman–Crippen LogP) is 3.80. The van der Waals surface area contributed by atoms with Crippen LogP contribution in [0.4, 0.5) is 0 Å². The summed E-state index contributed by atoms with van der Waals surface area (Å²) in [6.45, 7) is 4.77. The van der Waals surface area contributed by atoms with Crippen molar-refractivity contribution in [3.63, 3.8) is 0 Å². The average Bonchev–Trinajstić information content (AvgIpc) is 2.55. The van der Waals surface area contributed by atoms with Gasteiger partial charge in [-0.3, -0.25) is 0 Å². The van der Waals surface area contributed by atoms with Gasteiger partial charge < -0.3 is 11.1 Å². The van der Waals surface area contributed by atoms with Gasteiger partial charge in [-0.05, 0) is 93.0 Å². The second kappa shape index (κ2) is 6.43. The fraction of sp³-hybridized carbons (Fsp3) is 1.00. The van der Waals surface area contributed by atoms with E-state index in [9.17, 15) is 0 Å². The highest BCUT2D eigenvalue weighted by Gasteiger charge is 2.42. The number of nitrogens with two attached hydrogens (primary N) is 1. The quantitative estimate of drug-likeness (QED) is 0.829. The first-order chi connectivity index (χ1) is 10.7. The number of nitrogens with one attached hydrogen (secondary N) is 1. The lowest BCUT2D eigenvalue weighted by Crippen LogP contribution is -2.52. The van der Waals surface area contributed by atoms with Crippen molar-refractivity contribution in [1.29, 1.82) is 0 Å². The summed E-state index contributed by atoms with van der Waals surface area (Å²) in [6.07, 6.45) is 13.3. The van der Waals surface area contributed by atoms with E-state index in [1.165, 1.54) is 57.9 Å². The molecular weight excluding hydrogens is 268 g/mol. The highest BCUT2D eigenvalue weighted by Crippen LogP contribution is 2.47. The SMILES string of the molecule is CC1CC2CCCC(C2)C1CNC1CC2CCC1CC2CN. The van der Waals surface area contributed by atoms with Crippen LogP contribution in [0.15, 0.2) is 0 Å². The van der Waals surface area contributed by atoms with Gasteiger partial charge in [-0.15, -0.1) is 0 Å². The van der Waals surface area contributed by atoms with Crippen LogP contribution in [0.5, 0.6) is 0 Å². The van der Waals surface area contributed by atoms with Crippen molar-refractivity contribution >= 4 is 0 Å². The molecule has 8 atom stereocenters. The molecule has 0 aromatic heterocycles. The summed E-state index contributed by atoms with van der Waals surface area (Å²) in [5, 5.41) is 4.06. The van der Waals surface area contributed by atoms with Crippen LogP contribution in [0.25, 0.3) is 0 Å². The summed E-state index contributed by atoms with van der Waals surface area (Å²) in [5.74, 6) is 6.71. The van der Waals surface area contributed by atoms with E-state index >= 15 is 0 Å². The van der Waals surface area contributed by atoms with Crippen LogP contribution in [0.1, 0.15) is 64.7 Å². The fourth-order valence-electron chi connectivity index (χ4n) is 6.85. The van der Waals surface area contributed by atoms with E-state index in [0.717, 1.165) is 54.0 Å². The molecule has 5 saturated carbocycles. The largest absolute Gasteiger partial charge is 0.330 e. The highest BCUT2D eigenvalue weighted by molar-refractivity contribution is 4.96. The Bertz CT molecular complexity index is 380. The first-order valence-corrected chi connectivity index (χ1v) is 10.2. The Balaban J connectivity index is 1.33. The molecule has 4 bridgehead atoms. The molecule has 5 aliphatic rings. The zero-order chi connectivity index (χ0) is 15.1. The van der Waals surface area contributed by atoms with Gasteiger partial charge in [-0.2, -0.15) is 0 Å². The second-order valence-corrected chi connectivity index (χ2v) is 9.25. The van der Waals surface area contributed by atoms with Crippen molar-refractivity contribution in [2.75, 3.05) is 13.1 Å². The number of hydrogen-bond donors (Lipinski definition) is 2. The molecule has 5 fully saturated rings. The van der Waals surface area contributed by atoms with Gasteiger partial charge in [0.2, 0.25) is 0 Å². The van der Waals surface area contributed by atoms with Gasteiger partial charge in [0, 0.05) is 6.04 Å². The molecule has 8 unspecified atom stereocenters. The van der Waals surface area contributed by atoms with Gasteiger partial charge in [0.25, 0.3) is 0 Å². The molecule has 2 nitrogen and oxygen atoms in total. The molecule has 0 spiro atoms. The third-order valence-corrected chi connectivity index (χ3v) is 8.09. The number of rotatable bonds is 4. The molecule has 3 N–H and O–H groups in total. The van der Waals surface area contributed by atoms with Gasteiger partial charge in [-0.25, -0.2) is 0 Å². The predicted molar refractivity (Wildman–Crippen MR) is 92.5 cm³/mol. The molecule has 5 rings (SSSR count). The minimum atomic E-state index is 0.815. The van der Waals surface area contributed by atoms with Crippen LogP contribution in [0.2, 0.25) is 0 Å². The molecule has 0 saturated heterocycles. The van der Waals surface area contributed by atoms with Crippen LogP contribution in [0, 0.1) is 41.4 Å². The molecule has 0 radical (unpaired) electrons. The van der Waals surface area contributed by atoms with E-state index in [4.69, 9.17) is 5.73 Å². The van der Waals surface area contributed by atoms with Crippen LogP contribution in [-0.2, 0) is 0 Å². The van der Waals surface area contributed by atoms with E-state index < -0.39 is 0 Å². The van der Waals surface area contributed by atoms with E-state index in [1.807, 2.05) is 0 Å². The maximum atomic E-state index is 5.98. The summed E-state index contributed by atoms with van der Waals surface area (Å²) in [6, 6.07) is 0.815. The van der Waals surface area contributed by atoms with Gasteiger partial charge in [0.05, 0.1) is 0 Å². The Morgan fingerprint density at radius 2 is 1.77 bits per heavy atom. The van der Waals surface area contributed by atoms with Crippen molar-refractivity contribution in [3.8, 4) is 0 Å². The van der Waals surface area contributed by atoms with Crippen molar-refractivity contribution in [2.45, 2.75) is 70.8 Å². The molecule has 0 aliphatic heterocycles. The molecule has 22 heavy (non-hydrogen) atoms. The monoisotopic (exact) mass is 304 g/mol. The van der Waals surface area contributed by atoms with E-state index in [2.05, 4.69) is 12.2 Å². The Hall–Kier alpha value is -0.0800. The molecular formula is C20H36N2.